The molecule has 1 atom stereocenters. The number of rotatable bonds is 17. The maximum Gasteiger partial charge on any atom is 0.261 e. The van der Waals surface area contributed by atoms with Gasteiger partial charge < -0.3 is 39.3 Å². The molecule has 0 unspecified atom stereocenters. The zero-order valence-electron chi connectivity index (χ0n) is 41.0. The first kappa shape index (κ1) is 50.5. The van der Waals surface area contributed by atoms with Crippen LogP contribution in [-0.4, -0.2) is 124 Å². The number of halogens is 1. The zero-order valence-corrected chi connectivity index (χ0v) is 43.4. The van der Waals surface area contributed by atoms with Gasteiger partial charge in [-0.1, -0.05) is 54.1 Å². The third-order valence-corrected chi connectivity index (χ3v) is 16.7. The molecule has 71 heavy (non-hydrogen) atoms. The van der Waals surface area contributed by atoms with Gasteiger partial charge in [-0.25, -0.2) is 8.42 Å². The molecule has 1 aromatic heterocycles. The Kier molecular flexibility index (Phi) is 16.3. The summed E-state index contributed by atoms with van der Waals surface area (Å²) in [6, 6.07) is 40.0. The van der Waals surface area contributed by atoms with E-state index in [1.165, 1.54) is 4.90 Å². The fourth-order valence-electron chi connectivity index (χ4n) is 9.84. The SMILES string of the molecule is Cc1cc(S(=O)(=O)Nc2ccc(N3CCN(c4cccc(-c5c(C(=O)N6CCOCC6)cn(C(C)C)c5-c5ccc(Cl)cc5)c4)CC3)cc2)ccc1N[C@H](CCN1CCC(O)CC1)CSc1ccccc1. The number of nitrogens with one attached hydrogen (secondary N) is 2. The van der Waals surface area contributed by atoms with E-state index in [9.17, 15) is 18.3 Å². The first-order valence-electron chi connectivity index (χ1n) is 24.9. The predicted molar refractivity (Wildman–Crippen MR) is 291 cm³/mol. The number of aliphatic hydroxyl groups is 1. The summed E-state index contributed by atoms with van der Waals surface area (Å²) in [5.41, 5.74) is 8.96. The molecule has 3 saturated heterocycles. The van der Waals surface area contributed by atoms with Crippen molar-refractivity contribution in [3.05, 3.63) is 144 Å². The number of piperazine rings is 1. The summed E-state index contributed by atoms with van der Waals surface area (Å²) in [5.74, 6) is 0.873. The summed E-state index contributed by atoms with van der Waals surface area (Å²) >= 11 is 8.18. The molecule has 15 heteroatoms. The Morgan fingerprint density at radius 1 is 0.789 bits per heavy atom. The minimum atomic E-state index is -3.85. The van der Waals surface area contributed by atoms with E-state index in [0.29, 0.717) is 42.6 Å². The van der Waals surface area contributed by atoms with Crippen molar-refractivity contribution in [1.29, 1.82) is 0 Å². The Bertz CT molecular complexity index is 2840. The average Bonchev–Trinajstić information content (AvgIpc) is 3.80. The zero-order chi connectivity index (χ0) is 49.5. The van der Waals surface area contributed by atoms with Crippen LogP contribution >= 0.6 is 23.4 Å². The molecule has 0 spiro atoms. The molecule has 0 bridgehead atoms. The van der Waals surface area contributed by atoms with Crippen molar-refractivity contribution in [1.82, 2.24) is 14.4 Å². The number of thioether (sulfide) groups is 1. The number of hydrogen-bond acceptors (Lipinski definition) is 10. The number of morpholine rings is 1. The van der Waals surface area contributed by atoms with Crippen LogP contribution in [-0.2, 0) is 14.8 Å². The first-order valence-corrected chi connectivity index (χ1v) is 27.8. The number of aryl methyl sites for hydroxylation is 1. The van der Waals surface area contributed by atoms with E-state index in [-0.39, 0.29) is 29.0 Å². The molecule has 0 radical (unpaired) electrons. The molecule has 6 aromatic rings. The van der Waals surface area contributed by atoms with Crippen LogP contribution in [0.25, 0.3) is 22.4 Å². The van der Waals surface area contributed by atoms with Crippen LogP contribution in [0.15, 0.2) is 137 Å². The standard InChI is InChI=1S/C56H66ClN7O5S2/c1-40(2)64-38-52(56(66)63-32-34-69-35-33-63)54(55(64)42-12-14-44(57)15-13-42)43-8-7-9-48(37-43)62-30-28-61(29-31-62)47-18-16-45(17-19-47)59-71(67,68)51-20-21-53(41(3)36-51)58-46(39-70-50-10-5-4-6-11-50)22-25-60-26-23-49(65)24-27-60/h4-21,36-38,40,46,49,58-59,65H,22-35,39H2,1-3H3/t46-/m1/s1. The van der Waals surface area contributed by atoms with Gasteiger partial charge in [0.1, 0.15) is 0 Å². The quantitative estimate of drug-likeness (QED) is 0.0762. The number of benzene rings is 5. The number of sulfonamides is 1. The van der Waals surface area contributed by atoms with Crippen LogP contribution in [0.2, 0.25) is 5.02 Å². The lowest BCUT2D eigenvalue weighted by atomic mass is 9.96. The Hall–Kier alpha value is -5.48. The van der Waals surface area contributed by atoms with Gasteiger partial charge in [0.2, 0.25) is 0 Å². The van der Waals surface area contributed by atoms with Gasteiger partial charge in [-0.15, -0.1) is 11.8 Å². The van der Waals surface area contributed by atoms with Crippen molar-refractivity contribution >= 4 is 62.0 Å². The van der Waals surface area contributed by atoms with E-state index in [2.05, 4.69) is 91.7 Å². The number of nitrogens with zero attached hydrogens (tertiary/aromatic N) is 5. The van der Waals surface area contributed by atoms with E-state index >= 15 is 0 Å². The maximum atomic E-state index is 14.3. The molecule has 374 valence electrons. The molecule has 1 amide bonds. The Labute approximate surface area is 429 Å². The second-order valence-electron chi connectivity index (χ2n) is 19.2. The second kappa shape index (κ2) is 22.9. The van der Waals surface area contributed by atoms with Crippen LogP contribution < -0.4 is 19.8 Å². The molecule has 0 saturated carbocycles. The second-order valence-corrected chi connectivity index (χ2v) is 22.4. The fourth-order valence-corrected chi connectivity index (χ4v) is 12.1. The highest BCUT2D eigenvalue weighted by Gasteiger charge is 2.29. The summed E-state index contributed by atoms with van der Waals surface area (Å²) in [5, 5.41) is 14.4. The van der Waals surface area contributed by atoms with E-state index in [4.69, 9.17) is 16.3 Å². The van der Waals surface area contributed by atoms with Gasteiger partial charge in [-0.3, -0.25) is 9.52 Å². The number of likely N-dealkylation sites (tertiary alicyclic amines) is 1. The number of carbonyl (C=O) groups excluding carboxylic acids is 1. The number of amides is 1. The predicted octanol–water partition coefficient (Wildman–Crippen LogP) is 10.4. The van der Waals surface area contributed by atoms with Crippen LogP contribution in [0, 0.1) is 6.92 Å². The van der Waals surface area contributed by atoms with E-state index in [1.54, 1.807) is 12.1 Å². The topological polar surface area (TPSA) is 123 Å². The van der Waals surface area contributed by atoms with Crippen molar-refractivity contribution < 1.29 is 23.1 Å². The van der Waals surface area contributed by atoms with Gasteiger partial charge in [-0.2, -0.15) is 0 Å². The largest absolute Gasteiger partial charge is 0.393 e. The molecule has 0 aliphatic carbocycles. The highest BCUT2D eigenvalue weighted by Crippen LogP contribution is 2.41. The molecule has 3 N–H and O–H groups in total. The summed E-state index contributed by atoms with van der Waals surface area (Å²) in [7, 11) is -3.85. The molecule has 3 fully saturated rings. The van der Waals surface area contributed by atoms with Gasteiger partial charge in [-0.05, 0) is 136 Å². The molecule has 4 heterocycles. The lowest BCUT2D eigenvalue weighted by Crippen LogP contribution is -2.46. The summed E-state index contributed by atoms with van der Waals surface area (Å²) < 4.78 is 38.2. The number of aliphatic hydroxyl groups excluding tert-OH is 1. The van der Waals surface area contributed by atoms with Crippen LogP contribution in [0.1, 0.15) is 55.1 Å². The van der Waals surface area contributed by atoms with Crippen LogP contribution in [0.3, 0.4) is 0 Å². The number of ether oxygens (including phenoxy) is 1. The highest BCUT2D eigenvalue weighted by atomic mass is 35.5. The normalized spacial score (nSPS) is 16.6. The monoisotopic (exact) mass is 1020 g/mol. The van der Waals surface area contributed by atoms with Gasteiger partial charge >= 0.3 is 0 Å². The molecule has 12 nitrogen and oxygen atoms in total. The molecular weight excluding hydrogens is 950 g/mol. The molecular formula is C56H66ClN7O5S2. The van der Waals surface area contributed by atoms with Gasteiger partial charge in [0.15, 0.2) is 0 Å². The van der Waals surface area contributed by atoms with Crippen molar-refractivity contribution in [2.24, 2.45) is 0 Å². The Morgan fingerprint density at radius 3 is 2.15 bits per heavy atom. The van der Waals surface area contributed by atoms with Crippen molar-refractivity contribution in [2.45, 2.75) is 68.0 Å². The number of anilines is 4. The smallest absolute Gasteiger partial charge is 0.261 e. The summed E-state index contributed by atoms with van der Waals surface area (Å²) in [4.78, 5) is 24.8. The van der Waals surface area contributed by atoms with E-state index < -0.39 is 10.0 Å². The number of piperidine rings is 1. The van der Waals surface area contributed by atoms with E-state index in [1.807, 2.05) is 90.4 Å². The fraction of sp³-hybridized carbons (Fsp3) is 0.375. The molecule has 5 aromatic carbocycles. The maximum absolute atomic E-state index is 14.3. The lowest BCUT2D eigenvalue weighted by Gasteiger charge is -2.37. The summed E-state index contributed by atoms with van der Waals surface area (Å²) in [6.45, 7) is 14.3. The van der Waals surface area contributed by atoms with Gasteiger partial charge in [0.25, 0.3) is 15.9 Å². The number of carbonyl (C=O) groups is 1. The van der Waals surface area contributed by atoms with E-state index in [0.717, 1.165) is 116 Å². The van der Waals surface area contributed by atoms with Gasteiger partial charge in [0.05, 0.1) is 35.5 Å². The summed E-state index contributed by atoms with van der Waals surface area (Å²) in [6.07, 6.45) is 4.38. The molecule has 3 aliphatic heterocycles. The average molecular weight is 1020 g/mol. The van der Waals surface area contributed by atoms with Crippen LogP contribution in [0.4, 0.5) is 22.7 Å². The van der Waals surface area contributed by atoms with Crippen molar-refractivity contribution in [3.8, 4) is 22.4 Å². The molecule has 3 aliphatic rings. The van der Waals surface area contributed by atoms with Crippen LogP contribution in [0.5, 0.6) is 0 Å². The minimum absolute atomic E-state index is 0.00836. The minimum Gasteiger partial charge on any atom is -0.393 e. The van der Waals surface area contributed by atoms with Crippen molar-refractivity contribution in [3.63, 3.8) is 0 Å². The van der Waals surface area contributed by atoms with Gasteiger partial charge in [0, 0.05) is 121 Å². The third-order valence-electron chi connectivity index (χ3n) is 13.9. The number of aromatic nitrogens is 1. The Balaban J connectivity index is 0.846. The first-order chi connectivity index (χ1) is 34.4. The number of hydrogen-bond donors (Lipinski definition) is 3. The highest BCUT2D eigenvalue weighted by molar-refractivity contribution is 7.99. The van der Waals surface area contributed by atoms with Crippen molar-refractivity contribution in [2.75, 3.05) is 97.7 Å². The Morgan fingerprint density at radius 2 is 1.48 bits per heavy atom. The lowest BCUT2D eigenvalue weighted by molar-refractivity contribution is 0.0303. The third kappa shape index (κ3) is 12.4. The molecule has 9 rings (SSSR count).